The predicted molar refractivity (Wildman–Crippen MR) is 170 cm³/mol. The molecule has 0 bridgehead atoms. The highest BCUT2D eigenvalue weighted by molar-refractivity contribution is 5.87. The van der Waals surface area contributed by atoms with Gasteiger partial charge in [0.2, 0.25) is 5.91 Å². The van der Waals surface area contributed by atoms with Crippen LogP contribution in [0.5, 0.6) is 11.5 Å². The van der Waals surface area contributed by atoms with Crippen LogP contribution in [-0.4, -0.2) is 89.3 Å². The third kappa shape index (κ3) is 10.9. The summed E-state index contributed by atoms with van der Waals surface area (Å²) in [6, 6.07) is 10.0. The average Bonchev–Trinajstić information content (AvgIpc) is 3.02. The zero-order valence-corrected chi connectivity index (χ0v) is 26.9. The van der Waals surface area contributed by atoms with Crippen LogP contribution < -0.4 is 21.4 Å². The summed E-state index contributed by atoms with van der Waals surface area (Å²) in [7, 11) is 2.35. The standard InChI is InChI=1S/C32H45N5O9/c1-18(2)27(34-31(43)45-6)29(41)33-23(15-21-11-9-8-10-12-21)26(40)17-37(20(5)22-13-14-24(38)25(39)16-22)36-30(42)28(19(3)4)35-32(44)46-7/h8-14,16,18-19,23,26-28,38-40H,5,15,17H2,1-4,6-7H3,(H,33,41)(H,34,43)(H,35,44)(H,36,42)/t23-,26-,27-,28-/m0/s1. The number of amides is 4. The van der Waals surface area contributed by atoms with Crippen LogP contribution in [-0.2, 0) is 25.5 Å². The Kier molecular flexibility index (Phi) is 14.1. The molecule has 4 atom stereocenters. The minimum Gasteiger partial charge on any atom is -0.504 e. The van der Waals surface area contributed by atoms with Gasteiger partial charge in [-0.15, -0.1) is 0 Å². The van der Waals surface area contributed by atoms with Crippen molar-refractivity contribution in [2.45, 2.75) is 58.3 Å². The van der Waals surface area contributed by atoms with Gasteiger partial charge in [-0.05, 0) is 42.0 Å². The number of rotatable bonds is 15. The second-order valence-electron chi connectivity index (χ2n) is 11.3. The Morgan fingerprint density at radius 1 is 0.804 bits per heavy atom. The van der Waals surface area contributed by atoms with Crippen molar-refractivity contribution in [1.82, 2.24) is 26.4 Å². The minimum atomic E-state index is -1.36. The molecule has 4 amide bonds. The first kappa shape index (κ1) is 37.2. The molecule has 2 rings (SSSR count). The molecule has 2 aromatic carbocycles. The summed E-state index contributed by atoms with van der Waals surface area (Å²) in [5.74, 6) is -2.76. The summed E-state index contributed by atoms with van der Waals surface area (Å²) in [6.07, 6.45) is -2.81. The average molecular weight is 644 g/mol. The quantitative estimate of drug-likeness (QED) is 0.112. The fourth-order valence-electron chi connectivity index (χ4n) is 4.46. The lowest BCUT2D eigenvalue weighted by Crippen LogP contribution is -2.59. The Balaban J connectivity index is 2.47. The van der Waals surface area contributed by atoms with E-state index < -0.39 is 54.0 Å². The number of aliphatic hydroxyl groups excluding tert-OH is 1. The van der Waals surface area contributed by atoms with Crippen LogP contribution >= 0.6 is 0 Å². The smallest absolute Gasteiger partial charge is 0.407 e. The molecular weight excluding hydrogens is 598 g/mol. The maximum atomic E-state index is 13.5. The van der Waals surface area contributed by atoms with E-state index in [9.17, 15) is 34.5 Å². The van der Waals surface area contributed by atoms with Gasteiger partial charge in [-0.25, -0.2) is 9.59 Å². The molecule has 0 aromatic heterocycles. The van der Waals surface area contributed by atoms with Crippen molar-refractivity contribution in [3.8, 4) is 11.5 Å². The molecule has 0 spiro atoms. The highest BCUT2D eigenvalue weighted by atomic mass is 16.5. The number of carbonyl (C=O) groups excluding carboxylic acids is 4. The number of nitrogens with zero attached hydrogens (tertiary/aromatic N) is 1. The van der Waals surface area contributed by atoms with Gasteiger partial charge in [0.15, 0.2) is 11.5 Å². The summed E-state index contributed by atoms with van der Waals surface area (Å²) in [5, 5.41) is 40.6. The van der Waals surface area contributed by atoms with Crippen LogP contribution in [0.25, 0.3) is 5.70 Å². The predicted octanol–water partition coefficient (Wildman–Crippen LogP) is 2.25. The maximum Gasteiger partial charge on any atom is 0.407 e. The number of hydrogen-bond acceptors (Lipinski definition) is 10. The lowest BCUT2D eigenvalue weighted by molar-refractivity contribution is -0.129. The molecular formula is C32H45N5O9. The first-order valence-electron chi connectivity index (χ1n) is 14.7. The molecule has 0 radical (unpaired) electrons. The monoisotopic (exact) mass is 643 g/mol. The number of carbonyl (C=O) groups is 4. The Labute approximate surface area is 268 Å². The van der Waals surface area contributed by atoms with E-state index in [1.807, 2.05) is 30.3 Å². The fraction of sp³-hybridized carbons (Fsp3) is 0.438. The highest BCUT2D eigenvalue weighted by Gasteiger charge is 2.32. The molecule has 0 heterocycles. The van der Waals surface area contributed by atoms with Crippen LogP contribution in [0.2, 0.25) is 0 Å². The van der Waals surface area contributed by atoms with Gasteiger partial charge < -0.3 is 40.7 Å². The summed E-state index contributed by atoms with van der Waals surface area (Å²) in [5.41, 5.74) is 3.86. The van der Waals surface area contributed by atoms with Gasteiger partial charge in [0.25, 0.3) is 5.91 Å². The van der Waals surface area contributed by atoms with Crippen LogP contribution in [0.4, 0.5) is 9.59 Å². The van der Waals surface area contributed by atoms with E-state index >= 15 is 0 Å². The molecule has 14 nitrogen and oxygen atoms in total. The van der Waals surface area contributed by atoms with Crippen LogP contribution in [0.1, 0.15) is 38.8 Å². The van der Waals surface area contributed by atoms with E-state index in [1.165, 1.54) is 30.3 Å². The first-order chi connectivity index (χ1) is 21.7. The number of phenolic OH excluding ortho intramolecular Hbond substituents is 2. The van der Waals surface area contributed by atoms with Crippen molar-refractivity contribution in [3.05, 3.63) is 66.2 Å². The highest BCUT2D eigenvalue weighted by Crippen LogP contribution is 2.29. The van der Waals surface area contributed by atoms with E-state index in [0.717, 1.165) is 12.7 Å². The van der Waals surface area contributed by atoms with Crippen molar-refractivity contribution in [2.75, 3.05) is 20.8 Å². The Hall–Kier alpha value is -4.98. The second-order valence-corrected chi connectivity index (χ2v) is 11.3. The molecule has 0 fully saturated rings. The van der Waals surface area contributed by atoms with Crippen LogP contribution in [0.15, 0.2) is 55.1 Å². The van der Waals surface area contributed by atoms with Gasteiger partial charge in [0.1, 0.15) is 12.1 Å². The van der Waals surface area contributed by atoms with Crippen molar-refractivity contribution < 1.29 is 44.0 Å². The number of methoxy groups -OCH3 is 2. The summed E-state index contributed by atoms with van der Waals surface area (Å²) >= 11 is 0. The Morgan fingerprint density at radius 2 is 1.35 bits per heavy atom. The van der Waals surface area contributed by atoms with E-state index in [2.05, 4.69) is 37.4 Å². The third-order valence-corrected chi connectivity index (χ3v) is 7.16. The Bertz CT molecular complexity index is 1350. The van der Waals surface area contributed by atoms with Crippen molar-refractivity contribution in [1.29, 1.82) is 0 Å². The first-order valence-corrected chi connectivity index (χ1v) is 14.7. The third-order valence-electron chi connectivity index (χ3n) is 7.16. The number of ether oxygens (including phenoxy) is 2. The number of hydrogen-bond donors (Lipinski definition) is 7. The zero-order chi connectivity index (χ0) is 34.6. The molecule has 0 saturated heterocycles. The van der Waals surface area contributed by atoms with Crippen LogP contribution in [0, 0.1) is 11.8 Å². The van der Waals surface area contributed by atoms with Crippen molar-refractivity contribution in [3.63, 3.8) is 0 Å². The summed E-state index contributed by atoms with van der Waals surface area (Å²) in [4.78, 5) is 50.8. The number of phenols is 2. The van der Waals surface area contributed by atoms with Gasteiger partial charge in [0.05, 0.1) is 38.6 Å². The molecule has 0 aliphatic rings. The lowest BCUT2D eigenvalue weighted by Gasteiger charge is -2.35. The number of aromatic hydroxyl groups is 2. The van der Waals surface area contributed by atoms with Crippen LogP contribution in [0.3, 0.4) is 0 Å². The van der Waals surface area contributed by atoms with E-state index in [0.29, 0.717) is 0 Å². The molecule has 14 heteroatoms. The SMILES string of the molecule is C=C(c1ccc(O)c(O)c1)N(C[C@H](O)[C@H](Cc1ccccc1)NC(=O)[C@@H](NC(=O)OC)C(C)C)NC(=O)[C@@H](NC(=O)OC)C(C)C. The number of nitrogens with one attached hydrogen (secondary N) is 4. The molecule has 0 saturated carbocycles. The maximum absolute atomic E-state index is 13.5. The molecule has 252 valence electrons. The molecule has 0 aliphatic heterocycles. The normalized spacial score (nSPS) is 13.5. The largest absolute Gasteiger partial charge is 0.504 e. The Morgan fingerprint density at radius 3 is 1.85 bits per heavy atom. The van der Waals surface area contributed by atoms with Crippen molar-refractivity contribution >= 4 is 29.7 Å². The van der Waals surface area contributed by atoms with Gasteiger partial charge in [-0.1, -0.05) is 64.6 Å². The van der Waals surface area contributed by atoms with Gasteiger partial charge in [0, 0.05) is 5.56 Å². The van der Waals surface area contributed by atoms with E-state index in [4.69, 9.17) is 0 Å². The van der Waals surface area contributed by atoms with E-state index in [1.54, 1.807) is 27.7 Å². The zero-order valence-electron chi connectivity index (χ0n) is 26.9. The van der Waals surface area contributed by atoms with E-state index in [-0.39, 0.29) is 41.8 Å². The van der Waals surface area contributed by atoms with Gasteiger partial charge in [-0.2, -0.15) is 0 Å². The number of benzene rings is 2. The van der Waals surface area contributed by atoms with Crippen molar-refractivity contribution in [2.24, 2.45) is 11.8 Å². The van der Waals surface area contributed by atoms with Gasteiger partial charge in [-0.3, -0.25) is 20.0 Å². The minimum absolute atomic E-state index is 0.112. The number of hydrazine groups is 1. The molecule has 46 heavy (non-hydrogen) atoms. The second kappa shape index (κ2) is 17.5. The number of aliphatic hydroxyl groups is 1. The van der Waals surface area contributed by atoms with Gasteiger partial charge >= 0.3 is 12.2 Å². The number of alkyl carbamates (subject to hydrolysis) is 2. The molecule has 2 aromatic rings. The summed E-state index contributed by atoms with van der Waals surface area (Å²) < 4.78 is 9.32. The molecule has 0 unspecified atom stereocenters. The lowest BCUT2D eigenvalue weighted by atomic mass is 9.98. The fourth-order valence-corrected chi connectivity index (χ4v) is 4.46. The molecule has 0 aliphatic carbocycles. The molecule has 7 N–H and O–H groups in total. The summed E-state index contributed by atoms with van der Waals surface area (Å²) in [6.45, 7) is 10.6. The topological polar surface area (TPSA) is 199 Å².